The van der Waals surface area contributed by atoms with E-state index >= 15 is 0 Å². The zero-order chi connectivity index (χ0) is 14.7. The van der Waals surface area contributed by atoms with Crippen molar-refractivity contribution < 1.29 is 4.74 Å². The van der Waals surface area contributed by atoms with Crippen LogP contribution >= 0.6 is 0 Å². The van der Waals surface area contributed by atoms with Gasteiger partial charge in [0.2, 0.25) is 0 Å². The Morgan fingerprint density at radius 2 is 1.52 bits per heavy atom. The molecular weight excluding hydrogens is 258 g/mol. The summed E-state index contributed by atoms with van der Waals surface area (Å²) in [5, 5.41) is 0. The SMILES string of the molecule is Cc1ccc(-c2ccc(CN3CCOCC3)cc2)cc1C. The zero-order valence-electron chi connectivity index (χ0n) is 12.9. The van der Waals surface area contributed by atoms with Crippen LogP contribution in [0, 0.1) is 13.8 Å². The summed E-state index contributed by atoms with van der Waals surface area (Å²) in [5.41, 5.74) is 6.68. The molecule has 0 unspecified atom stereocenters. The molecule has 0 aromatic heterocycles. The maximum absolute atomic E-state index is 5.39. The molecule has 0 atom stereocenters. The molecule has 1 aliphatic rings. The lowest BCUT2D eigenvalue weighted by molar-refractivity contribution is 0.0342. The van der Waals surface area contributed by atoms with Gasteiger partial charge in [0, 0.05) is 19.6 Å². The van der Waals surface area contributed by atoms with Gasteiger partial charge in [0.1, 0.15) is 0 Å². The highest BCUT2D eigenvalue weighted by molar-refractivity contribution is 5.65. The third-order valence-corrected chi connectivity index (χ3v) is 4.30. The largest absolute Gasteiger partial charge is 0.379 e. The Labute approximate surface area is 127 Å². The quantitative estimate of drug-likeness (QED) is 0.848. The number of aryl methyl sites for hydroxylation is 2. The first-order valence-corrected chi connectivity index (χ1v) is 7.69. The molecule has 0 bridgehead atoms. The minimum Gasteiger partial charge on any atom is -0.379 e. The van der Waals surface area contributed by atoms with Crippen LogP contribution in [0.4, 0.5) is 0 Å². The Bertz CT molecular complexity index is 597. The van der Waals surface area contributed by atoms with Gasteiger partial charge in [-0.3, -0.25) is 4.90 Å². The highest BCUT2D eigenvalue weighted by Gasteiger charge is 2.10. The Hall–Kier alpha value is -1.64. The molecule has 0 radical (unpaired) electrons. The van der Waals surface area contributed by atoms with Gasteiger partial charge in [-0.15, -0.1) is 0 Å². The van der Waals surface area contributed by atoms with E-state index in [4.69, 9.17) is 4.74 Å². The molecule has 0 aliphatic carbocycles. The van der Waals surface area contributed by atoms with Crippen molar-refractivity contribution in [2.45, 2.75) is 20.4 Å². The number of nitrogens with zero attached hydrogens (tertiary/aromatic N) is 1. The molecule has 2 heteroatoms. The summed E-state index contributed by atoms with van der Waals surface area (Å²) in [6, 6.07) is 15.7. The van der Waals surface area contributed by atoms with E-state index in [0.717, 1.165) is 32.8 Å². The molecule has 1 saturated heterocycles. The van der Waals surface area contributed by atoms with Gasteiger partial charge in [0.25, 0.3) is 0 Å². The molecule has 0 spiro atoms. The highest BCUT2D eigenvalue weighted by Crippen LogP contribution is 2.23. The predicted octanol–water partition coefficient (Wildman–Crippen LogP) is 3.80. The van der Waals surface area contributed by atoms with Gasteiger partial charge in [-0.2, -0.15) is 0 Å². The predicted molar refractivity (Wildman–Crippen MR) is 87.4 cm³/mol. The van der Waals surface area contributed by atoms with Crippen molar-refractivity contribution in [2.75, 3.05) is 26.3 Å². The Balaban J connectivity index is 1.72. The van der Waals surface area contributed by atoms with E-state index in [2.05, 4.69) is 61.2 Å². The lowest BCUT2D eigenvalue weighted by Crippen LogP contribution is -2.35. The molecule has 0 saturated carbocycles. The van der Waals surface area contributed by atoms with Gasteiger partial charge >= 0.3 is 0 Å². The summed E-state index contributed by atoms with van der Waals surface area (Å²) >= 11 is 0. The summed E-state index contributed by atoms with van der Waals surface area (Å²) in [6.07, 6.45) is 0. The van der Waals surface area contributed by atoms with Crippen LogP contribution in [0.1, 0.15) is 16.7 Å². The minimum absolute atomic E-state index is 0.862. The molecule has 2 nitrogen and oxygen atoms in total. The number of rotatable bonds is 3. The zero-order valence-corrected chi connectivity index (χ0v) is 12.9. The van der Waals surface area contributed by atoms with Crippen LogP contribution in [0.25, 0.3) is 11.1 Å². The first kappa shape index (κ1) is 14.3. The average Bonchev–Trinajstić information content (AvgIpc) is 2.52. The average molecular weight is 281 g/mol. The Morgan fingerprint density at radius 3 is 2.19 bits per heavy atom. The van der Waals surface area contributed by atoms with Crippen molar-refractivity contribution >= 4 is 0 Å². The second kappa shape index (κ2) is 6.42. The summed E-state index contributed by atoms with van der Waals surface area (Å²) < 4.78 is 5.39. The fourth-order valence-corrected chi connectivity index (χ4v) is 2.74. The summed E-state index contributed by atoms with van der Waals surface area (Å²) in [7, 11) is 0. The molecular formula is C19H23NO. The van der Waals surface area contributed by atoms with Crippen LogP contribution in [0.2, 0.25) is 0 Å². The normalized spacial score (nSPS) is 16.1. The first-order chi connectivity index (χ1) is 10.2. The van der Waals surface area contributed by atoms with Gasteiger partial charge in [-0.25, -0.2) is 0 Å². The van der Waals surface area contributed by atoms with E-state index in [1.165, 1.54) is 27.8 Å². The molecule has 110 valence electrons. The first-order valence-electron chi connectivity index (χ1n) is 7.69. The molecule has 2 aromatic rings. The van der Waals surface area contributed by atoms with Crippen molar-refractivity contribution in [3.05, 3.63) is 59.2 Å². The lowest BCUT2D eigenvalue weighted by Gasteiger charge is -2.26. The number of hydrogen-bond donors (Lipinski definition) is 0. The molecule has 1 aliphatic heterocycles. The van der Waals surface area contributed by atoms with Crippen LogP contribution < -0.4 is 0 Å². The molecule has 1 fully saturated rings. The topological polar surface area (TPSA) is 12.5 Å². The smallest absolute Gasteiger partial charge is 0.0594 e. The van der Waals surface area contributed by atoms with E-state index in [9.17, 15) is 0 Å². The number of ether oxygens (including phenoxy) is 1. The minimum atomic E-state index is 0.862. The van der Waals surface area contributed by atoms with Crippen LogP contribution in [0.3, 0.4) is 0 Å². The molecule has 21 heavy (non-hydrogen) atoms. The van der Waals surface area contributed by atoms with Crippen molar-refractivity contribution in [3.8, 4) is 11.1 Å². The van der Waals surface area contributed by atoms with Gasteiger partial charge in [-0.1, -0.05) is 42.5 Å². The molecule has 0 amide bonds. The fourth-order valence-electron chi connectivity index (χ4n) is 2.74. The summed E-state index contributed by atoms with van der Waals surface area (Å²) in [5.74, 6) is 0. The highest BCUT2D eigenvalue weighted by atomic mass is 16.5. The van der Waals surface area contributed by atoms with Gasteiger partial charge in [0.05, 0.1) is 13.2 Å². The van der Waals surface area contributed by atoms with E-state index in [1.54, 1.807) is 0 Å². The molecule has 0 N–H and O–H groups in total. The lowest BCUT2D eigenvalue weighted by atomic mass is 9.99. The monoisotopic (exact) mass is 281 g/mol. The van der Waals surface area contributed by atoms with E-state index in [1.807, 2.05) is 0 Å². The van der Waals surface area contributed by atoms with E-state index < -0.39 is 0 Å². The summed E-state index contributed by atoms with van der Waals surface area (Å²) in [4.78, 5) is 2.45. The molecule has 1 heterocycles. The third-order valence-electron chi connectivity index (χ3n) is 4.30. The summed E-state index contributed by atoms with van der Waals surface area (Å²) in [6.45, 7) is 9.16. The second-order valence-electron chi connectivity index (χ2n) is 5.88. The molecule has 3 rings (SSSR count). The van der Waals surface area contributed by atoms with Crippen LogP contribution in [-0.4, -0.2) is 31.2 Å². The maximum atomic E-state index is 5.39. The fraction of sp³-hybridized carbons (Fsp3) is 0.368. The Morgan fingerprint density at radius 1 is 0.857 bits per heavy atom. The Kier molecular flexibility index (Phi) is 4.37. The standard InChI is InChI=1S/C19H23NO/c1-15-3-6-19(13-16(15)2)18-7-4-17(5-8-18)14-20-9-11-21-12-10-20/h3-8,13H,9-12,14H2,1-2H3. The van der Waals surface area contributed by atoms with Gasteiger partial charge < -0.3 is 4.74 Å². The van der Waals surface area contributed by atoms with Crippen LogP contribution in [0.15, 0.2) is 42.5 Å². The van der Waals surface area contributed by atoms with Crippen molar-refractivity contribution in [3.63, 3.8) is 0 Å². The van der Waals surface area contributed by atoms with E-state index in [0.29, 0.717) is 0 Å². The van der Waals surface area contributed by atoms with Crippen LogP contribution in [0.5, 0.6) is 0 Å². The maximum Gasteiger partial charge on any atom is 0.0594 e. The van der Waals surface area contributed by atoms with Crippen molar-refractivity contribution in [1.29, 1.82) is 0 Å². The van der Waals surface area contributed by atoms with Gasteiger partial charge in [0.15, 0.2) is 0 Å². The van der Waals surface area contributed by atoms with Gasteiger partial charge in [-0.05, 0) is 41.7 Å². The number of morpholine rings is 1. The number of benzene rings is 2. The number of hydrogen-bond acceptors (Lipinski definition) is 2. The third kappa shape index (κ3) is 3.52. The van der Waals surface area contributed by atoms with Crippen LogP contribution in [-0.2, 0) is 11.3 Å². The van der Waals surface area contributed by atoms with Crippen molar-refractivity contribution in [2.24, 2.45) is 0 Å². The molecule has 2 aromatic carbocycles. The second-order valence-corrected chi connectivity index (χ2v) is 5.88. The van der Waals surface area contributed by atoms with Crippen molar-refractivity contribution in [1.82, 2.24) is 4.90 Å². The van der Waals surface area contributed by atoms with E-state index in [-0.39, 0.29) is 0 Å².